The maximum atomic E-state index is 12.2. The quantitative estimate of drug-likeness (QED) is 0.779. The summed E-state index contributed by atoms with van der Waals surface area (Å²) in [6.07, 6.45) is 2.27. The molecule has 0 unspecified atom stereocenters. The molecule has 2 aromatic carbocycles. The van der Waals surface area contributed by atoms with Crippen LogP contribution in [0.1, 0.15) is 12.8 Å². The van der Waals surface area contributed by atoms with Crippen LogP contribution in [0, 0.1) is 17.8 Å². The van der Waals surface area contributed by atoms with Crippen molar-refractivity contribution in [3.05, 3.63) is 42.5 Å². The molecular formula is C21H24N2O4S. The van der Waals surface area contributed by atoms with Crippen LogP contribution in [0.5, 0.6) is 5.75 Å². The normalized spacial score (nSPS) is 15.6. The fourth-order valence-corrected chi connectivity index (χ4v) is 4.15. The summed E-state index contributed by atoms with van der Waals surface area (Å²) in [5.41, 5.74) is 0. The predicted molar refractivity (Wildman–Crippen MR) is 109 cm³/mol. The number of carbonyl (C=O) groups is 1. The first-order valence-electron chi connectivity index (χ1n) is 9.24. The van der Waals surface area contributed by atoms with Gasteiger partial charge in [0.1, 0.15) is 12.4 Å². The molecule has 7 heteroatoms. The Bertz CT molecular complexity index is 994. The molecule has 148 valence electrons. The Labute approximate surface area is 165 Å². The largest absolute Gasteiger partial charge is 0.480 e. The molecule has 6 nitrogen and oxygen atoms in total. The SMILES string of the molecule is CS(=O)(=O)N1CCC(C(=O)NCC#CCOc2cccc3ccccc23)CC1. The van der Waals surface area contributed by atoms with E-state index in [4.69, 9.17) is 4.74 Å². The zero-order chi connectivity index (χ0) is 20.0. The first-order chi connectivity index (χ1) is 13.4. The molecule has 2 aromatic rings. The molecule has 28 heavy (non-hydrogen) atoms. The van der Waals surface area contributed by atoms with Crippen LogP contribution >= 0.6 is 0 Å². The number of hydrogen-bond acceptors (Lipinski definition) is 4. The molecule has 1 heterocycles. The van der Waals surface area contributed by atoms with Crippen LogP contribution in [0.2, 0.25) is 0 Å². The van der Waals surface area contributed by atoms with E-state index in [1.165, 1.54) is 10.6 Å². The van der Waals surface area contributed by atoms with E-state index in [0.717, 1.165) is 16.5 Å². The van der Waals surface area contributed by atoms with Crippen molar-refractivity contribution in [2.24, 2.45) is 5.92 Å². The van der Waals surface area contributed by atoms with Crippen molar-refractivity contribution in [2.45, 2.75) is 12.8 Å². The second-order valence-corrected chi connectivity index (χ2v) is 8.76. The number of carbonyl (C=O) groups excluding carboxylic acids is 1. The van der Waals surface area contributed by atoms with Gasteiger partial charge in [-0.2, -0.15) is 0 Å². The smallest absolute Gasteiger partial charge is 0.223 e. The molecule has 1 aliphatic rings. The van der Waals surface area contributed by atoms with Gasteiger partial charge >= 0.3 is 0 Å². The molecule has 0 radical (unpaired) electrons. The molecule has 0 spiro atoms. The Hall–Kier alpha value is -2.56. The van der Waals surface area contributed by atoms with E-state index in [2.05, 4.69) is 17.2 Å². The summed E-state index contributed by atoms with van der Waals surface area (Å²) in [7, 11) is -3.17. The Kier molecular flexibility index (Phi) is 6.55. The fraction of sp³-hybridized carbons (Fsp3) is 0.381. The molecule has 0 aromatic heterocycles. The highest BCUT2D eigenvalue weighted by Crippen LogP contribution is 2.24. The second kappa shape index (κ2) is 9.09. The van der Waals surface area contributed by atoms with Gasteiger partial charge in [-0.3, -0.25) is 4.79 Å². The Morgan fingerprint density at radius 3 is 2.61 bits per heavy atom. The molecule has 0 aliphatic carbocycles. The van der Waals surface area contributed by atoms with Crippen molar-refractivity contribution in [3.63, 3.8) is 0 Å². The van der Waals surface area contributed by atoms with E-state index < -0.39 is 10.0 Å². The van der Waals surface area contributed by atoms with Gasteiger partial charge in [0, 0.05) is 24.4 Å². The van der Waals surface area contributed by atoms with Gasteiger partial charge in [0.05, 0.1) is 12.8 Å². The number of rotatable bonds is 5. The maximum absolute atomic E-state index is 12.2. The minimum Gasteiger partial charge on any atom is -0.480 e. The minimum absolute atomic E-state index is 0.0718. The summed E-state index contributed by atoms with van der Waals surface area (Å²) in [5.74, 6) is 6.36. The monoisotopic (exact) mass is 400 g/mol. The third-order valence-corrected chi connectivity index (χ3v) is 6.12. The lowest BCUT2D eigenvalue weighted by Crippen LogP contribution is -2.42. The average molecular weight is 401 g/mol. The third kappa shape index (κ3) is 5.24. The Morgan fingerprint density at radius 1 is 1.14 bits per heavy atom. The highest BCUT2D eigenvalue weighted by Gasteiger charge is 2.28. The number of amides is 1. The number of nitrogens with one attached hydrogen (secondary N) is 1. The number of benzene rings is 2. The van der Waals surface area contributed by atoms with Crippen LogP contribution in [0.25, 0.3) is 10.8 Å². The van der Waals surface area contributed by atoms with Crippen LogP contribution < -0.4 is 10.1 Å². The van der Waals surface area contributed by atoms with Gasteiger partial charge in [0.25, 0.3) is 0 Å². The molecule has 0 atom stereocenters. The predicted octanol–water partition coefficient (Wildman–Crippen LogP) is 2.01. The van der Waals surface area contributed by atoms with Crippen LogP contribution in [0.15, 0.2) is 42.5 Å². The van der Waals surface area contributed by atoms with Crippen molar-refractivity contribution in [2.75, 3.05) is 32.5 Å². The lowest BCUT2D eigenvalue weighted by atomic mass is 9.97. The minimum atomic E-state index is -3.17. The van der Waals surface area contributed by atoms with Crippen LogP contribution in [-0.2, 0) is 14.8 Å². The summed E-state index contributed by atoms with van der Waals surface area (Å²) in [6.45, 7) is 1.28. The number of ether oxygens (including phenoxy) is 1. The van der Waals surface area contributed by atoms with Gasteiger partial charge in [-0.05, 0) is 24.3 Å². The van der Waals surface area contributed by atoms with Crippen molar-refractivity contribution in [1.29, 1.82) is 0 Å². The Morgan fingerprint density at radius 2 is 1.86 bits per heavy atom. The molecule has 1 amide bonds. The van der Waals surface area contributed by atoms with E-state index in [1.807, 2.05) is 42.5 Å². The average Bonchev–Trinajstić information content (AvgIpc) is 2.70. The summed E-state index contributed by atoms with van der Waals surface area (Å²) in [5, 5.41) is 4.95. The van der Waals surface area contributed by atoms with Crippen LogP contribution in [-0.4, -0.2) is 51.1 Å². The fourth-order valence-electron chi connectivity index (χ4n) is 3.27. The van der Waals surface area contributed by atoms with Gasteiger partial charge < -0.3 is 10.1 Å². The van der Waals surface area contributed by atoms with Gasteiger partial charge in [-0.25, -0.2) is 12.7 Å². The second-order valence-electron chi connectivity index (χ2n) is 6.77. The summed E-state index contributed by atoms with van der Waals surface area (Å²) in [6, 6.07) is 13.9. The number of sulfonamides is 1. The first-order valence-corrected chi connectivity index (χ1v) is 11.1. The van der Waals surface area contributed by atoms with Crippen molar-refractivity contribution in [3.8, 4) is 17.6 Å². The van der Waals surface area contributed by atoms with Crippen molar-refractivity contribution in [1.82, 2.24) is 9.62 Å². The van der Waals surface area contributed by atoms with E-state index >= 15 is 0 Å². The van der Waals surface area contributed by atoms with E-state index in [1.54, 1.807) is 0 Å². The van der Waals surface area contributed by atoms with Crippen molar-refractivity contribution >= 4 is 26.7 Å². The van der Waals surface area contributed by atoms with E-state index in [9.17, 15) is 13.2 Å². The van der Waals surface area contributed by atoms with Crippen LogP contribution in [0.4, 0.5) is 0 Å². The van der Waals surface area contributed by atoms with Gasteiger partial charge in [-0.1, -0.05) is 48.2 Å². The number of piperidine rings is 1. The van der Waals surface area contributed by atoms with E-state index in [-0.39, 0.29) is 25.0 Å². The molecule has 1 N–H and O–H groups in total. The van der Waals surface area contributed by atoms with E-state index in [0.29, 0.717) is 25.9 Å². The highest BCUT2D eigenvalue weighted by atomic mass is 32.2. The summed E-state index contributed by atoms with van der Waals surface area (Å²) >= 11 is 0. The standard InChI is InChI=1S/C21H24N2O4S/c1-28(25,26)23-14-11-18(12-15-23)21(24)22-13-4-5-16-27-20-10-6-8-17-7-2-3-9-19(17)20/h2-3,6-10,18H,11-16H2,1H3,(H,22,24). The highest BCUT2D eigenvalue weighted by molar-refractivity contribution is 7.88. The molecular weight excluding hydrogens is 376 g/mol. The molecule has 0 bridgehead atoms. The van der Waals surface area contributed by atoms with Gasteiger partial charge in [0.15, 0.2) is 0 Å². The number of hydrogen-bond donors (Lipinski definition) is 1. The van der Waals surface area contributed by atoms with Crippen molar-refractivity contribution < 1.29 is 17.9 Å². The summed E-state index contributed by atoms with van der Waals surface area (Å²) in [4.78, 5) is 12.2. The number of fused-ring (bicyclic) bond motifs is 1. The maximum Gasteiger partial charge on any atom is 0.223 e. The third-order valence-electron chi connectivity index (χ3n) is 4.82. The molecule has 0 saturated carbocycles. The topological polar surface area (TPSA) is 75.7 Å². The molecule has 1 fully saturated rings. The summed E-state index contributed by atoms with van der Waals surface area (Å²) < 4.78 is 30.2. The Balaban J connectivity index is 1.41. The molecule has 1 aliphatic heterocycles. The lowest BCUT2D eigenvalue weighted by molar-refractivity contribution is -0.125. The lowest BCUT2D eigenvalue weighted by Gasteiger charge is -2.29. The van der Waals surface area contributed by atoms with Gasteiger partial charge in [-0.15, -0.1) is 0 Å². The first kappa shape index (κ1) is 20.2. The molecule has 3 rings (SSSR count). The number of nitrogens with zero attached hydrogens (tertiary/aromatic N) is 1. The zero-order valence-corrected chi connectivity index (χ0v) is 16.7. The van der Waals surface area contributed by atoms with Gasteiger partial charge in [0.2, 0.25) is 15.9 Å². The van der Waals surface area contributed by atoms with Crippen LogP contribution in [0.3, 0.4) is 0 Å². The zero-order valence-electron chi connectivity index (χ0n) is 15.8. The molecule has 1 saturated heterocycles.